The Bertz CT molecular complexity index is 1350. The second kappa shape index (κ2) is 5.04. The average molecular weight is 407 g/mol. The minimum absolute atomic E-state index is 0.192. The van der Waals surface area contributed by atoms with Crippen LogP contribution in [0, 0.1) is 0 Å². The molecule has 2 aromatic carbocycles. The van der Waals surface area contributed by atoms with Crippen LogP contribution in [0.4, 0.5) is 5.69 Å². The summed E-state index contributed by atoms with van der Waals surface area (Å²) in [5, 5.41) is 6.74. The summed E-state index contributed by atoms with van der Waals surface area (Å²) in [7, 11) is 0. The minimum atomic E-state index is -1.18. The first kappa shape index (κ1) is 16.7. The number of nitrogens with one attached hydrogen (secondary N) is 2. The molecule has 0 radical (unpaired) electrons. The van der Waals surface area contributed by atoms with Crippen molar-refractivity contribution in [2.45, 2.75) is 30.3 Å². The van der Waals surface area contributed by atoms with Crippen LogP contribution in [0.2, 0.25) is 5.02 Å². The summed E-state index contributed by atoms with van der Waals surface area (Å²) in [6, 6.07) is 11.6. The predicted octanol–water partition coefficient (Wildman–Crippen LogP) is 2.23. The molecule has 29 heavy (non-hydrogen) atoms. The number of rotatable bonds is 0. The molecule has 1 fully saturated rings. The van der Waals surface area contributed by atoms with Crippen molar-refractivity contribution >= 4 is 40.0 Å². The Labute approximate surface area is 169 Å². The fraction of sp³-hybridized carbons (Fsp3) is 0.238. The smallest absolute Gasteiger partial charge is 0.262 e. The van der Waals surface area contributed by atoms with E-state index in [1.54, 1.807) is 25.1 Å². The number of carbonyl (C=O) groups is 2. The molecule has 2 N–H and O–H groups in total. The van der Waals surface area contributed by atoms with E-state index in [-0.39, 0.29) is 23.8 Å². The van der Waals surface area contributed by atoms with Crippen molar-refractivity contribution in [3.63, 3.8) is 0 Å². The molecule has 144 valence electrons. The molecule has 8 heteroatoms. The Kier molecular flexibility index (Phi) is 2.91. The summed E-state index contributed by atoms with van der Waals surface area (Å²) < 4.78 is 1.44. The molecule has 7 rings (SSSR count). The summed E-state index contributed by atoms with van der Waals surface area (Å²) in [5.41, 5.74) is -0.517. The van der Waals surface area contributed by atoms with Gasteiger partial charge in [0.2, 0.25) is 11.8 Å². The van der Waals surface area contributed by atoms with Crippen LogP contribution in [-0.4, -0.2) is 21.4 Å². The van der Waals surface area contributed by atoms with Crippen molar-refractivity contribution in [3.8, 4) is 0 Å². The van der Waals surface area contributed by atoms with Crippen molar-refractivity contribution < 1.29 is 9.59 Å². The Morgan fingerprint density at radius 1 is 1.17 bits per heavy atom. The van der Waals surface area contributed by atoms with Crippen LogP contribution >= 0.6 is 11.6 Å². The molecule has 7 nitrogen and oxygen atoms in total. The van der Waals surface area contributed by atoms with E-state index in [1.165, 1.54) is 4.57 Å². The molecule has 5 heterocycles. The molecule has 0 aliphatic carbocycles. The number of hydrogen-bond acceptors (Lipinski definition) is 4. The van der Waals surface area contributed by atoms with E-state index in [2.05, 4.69) is 10.6 Å². The molecule has 0 unspecified atom stereocenters. The van der Waals surface area contributed by atoms with Gasteiger partial charge < -0.3 is 10.6 Å². The molecule has 1 aromatic heterocycles. The zero-order chi connectivity index (χ0) is 20.1. The number of carbonyl (C=O) groups excluding carboxylic acids is 2. The lowest BCUT2D eigenvalue weighted by molar-refractivity contribution is -0.142. The highest BCUT2D eigenvalue weighted by atomic mass is 35.5. The Morgan fingerprint density at radius 2 is 1.97 bits per heavy atom. The van der Waals surface area contributed by atoms with E-state index in [4.69, 9.17) is 16.6 Å². The zero-order valence-corrected chi connectivity index (χ0v) is 16.1. The fourth-order valence-electron chi connectivity index (χ4n) is 5.31. The molecular weight excluding hydrogens is 392 g/mol. The van der Waals surface area contributed by atoms with Crippen LogP contribution in [0.5, 0.6) is 0 Å². The zero-order valence-electron chi connectivity index (χ0n) is 15.3. The quantitative estimate of drug-likeness (QED) is 0.598. The number of anilines is 1. The lowest BCUT2D eigenvalue weighted by Gasteiger charge is -2.55. The first-order chi connectivity index (χ1) is 13.9. The Morgan fingerprint density at radius 3 is 2.79 bits per heavy atom. The van der Waals surface area contributed by atoms with Crippen LogP contribution < -0.4 is 16.2 Å². The second-order valence-electron chi connectivity index (χ2n) is 8.01. The Hall–Kier alpha value is -3.19. The van der Waals surface area contributed by atoms with Crippen molar-refractivity contribution in [1.29, 1.82) is 0 Å². The lowest BCUT2D eigenvalue weighted by Crippen LogP contribution is -2.72. The molecule has 4 aliphatic heterocycles. The van der Waals surface area contributed by atoms with E-state index in [0.29, 0.717) is 21.7 Å². The van der Waals surface area contributed by atoms with Crippen molar-refractivity contribution in [3.05, 3.63) is 69.2 Å². The van der Waals surface area contributed by atoms with Gasteiger partial charge in [-0.05, 0) is 43.2 Å². The lowest BCUT2D eigenvalue weighted by atomic mass is 9.58. The first-order valence-corrected chi connectivity index (χ1v) is 9.70. The van der Waals surface area contributed by atoms with E-state index >= 15 is 0 Å². The maximum absolute atomic E-state index is 13.3. The van der Waals surface area contributed by atoms with Crippen molar-refractivity contribution in [1.82, 2.24) is 14.9 Å². The van der Waals surface area contributed by atoms with Gasteiger partial charge in [0.05, 0.1) is 10.9 Å². The monoisotopic (exact) mass is 406 g/mol. The molecule has 4 aliphatic rings. The second-order valence-corrected chi connectivity index (χ2v) is 8.45. The number of benzene rings is 2. The van der Waals surface area contributed by atoms with Gasteiger partial charge in [-0.25, -0.2) is 4.98 Å². The van der Waals surface area contributed by atoms with Crippen LogP contribution in [-0.2, 0) is 20.5 Å². The first-order valence-electron chi connectivity index (χ1n) is 9.32. The summed E-state index contributed by atoms with van der Waals surface area (Å²) in [6.45, 7) is 1.78. The average Bonchev–Trinajstić information content (AvgIpc) is 2.97. The summed E-state index contributed by atoms with van der Waals surface area (Å²) >= 11 is 6.07. The molecular formula is C21H15ClN4O3. The van der Waals surface area contributed by atoms with Gasteiger partial charge in [0.25, 0.3) is 5.56 Å². The van der Waals surface area contributed by atoms with E-state index < -0.39 is 17.0 Å². The molecule has 2 bridgehead atoms. The van der Waals surface area contributed by atoms with Gasteiger partial charge in [-0.1, -0.05) is 29.8 Å². The van der Waals surface area contributed by atoms with Crippen LogP contribution in [0.3, 0.4) is 0 Å². The number of fused-ring (bicyclic) bond motifs is 3. The highest BCUT2D eigenvalue weighted by molar-refractivity contribution is 6.31. The number of para-hydroxylation sites is 1. The van der Waals surface area contributed by atoms with Crippen LogP contribution in [0.15, 0.2) is 47.3 Å². The van der Waals surface area contributed by atoms with E-state index in [1.807, 2.05) is 24.3 Å². The van der Waals surface area contributed by atoms with Gasteiger partial charge in [0.15, 0.2) is 0 Å². The molecule has 3 atom stereocenters. The topological polar surface area (TPSA) is 93.1 Å². The highest BCUT2D eigenvalue weighted by Crippen LogP contribution is 2.58. The fourth-order valence-corrected chi connectivity index (χ4v) is 5.48. The maximum atomic E-state index is 13.3. The number of nitrogens with zero attached hydrogens (tertiary/aromatic N) is 2. The Balaban J connectivity index is 1.73. The molecule has 0 saturated carbocycles. The maximum Gasteiger partial charge on any atom is 0.262 e. The number of aromatic nitrogens is 2. The summed E-state index contributed by atoms with van der Waals surface area (Å²) in [4.78, 5) is 44.3. The third-order valence-corrected chi connectivity index (χ3v) is 6.91. The van der Waals surface area contributed by atoms with Gasteiger partial charge >= 0.3 is 0 Å². The summed E-state index contributed by atoms with van der Waals surface area (Å²) in [5.74, 6) is -0.0870. The third kappa shape index (κ3) is 1.75. The van der Waals surface area contributed by atoms with E-state index in [9.17, 15) is 14.4 Å². The SMILES string of the molecule is C[C@@]12NC(=O)[C@H](C[C@@]13C(=O)Nc1ccccc13)n1c2nc2ccc(Cl)cc2c1=O. The van der Waals surface area contributed by atoms with Gasteiger partial charge in [0.1, 0.15) is 22.8 Å². The normalized spacial score (nSPS) is 29.0. The standard InChI is InChI=1S/C21H15ClN4O3/c1-20-18-23-13-7-6-10(22)8-11(13)17(28)26(18)15(16(27)25-20)9-21(20)12-4-2-3-5-14(12)24-19(21)29/h2-8,15H,9H2,1H3,(H,24,29)(H,25,27)/t15-,20-,21+/m0/s1. The molecule has 1 spiro atoms. The number of halogens is 1. The van der Waals surface area contributed by atoms with Gasteiger partial charge in [-0.3, -0.25) is 19.0 Å². The number of hydrogen-bond donors (Lipinski definition) is 2. The van der Waals surface area contributed by atoms with Gasteiger partial charge in [-0.15, -0.1) is 0 Å². The molecule has 3 aromatic rings. The molecule has 1 saturated heterocycles. The van der Waals surface area contributed by atoms with Crippen LogP contribution in [0.1, 0.15) is 30.8 Å². The minimum Gasteiger partial charge on any atom is -0.340 e. The largest absolute Gasteiger partial charge is 0.340 e. The van der Waals surface area contributed by atoms with Crippen molar-refractivity contribution in [2.75, 3.05) is 5.32 Å². The summed E-state index contributed by atoms with van der Waals surface area (Å²) in [6.07, 6.45) is 0.193. The highest BCUT2D eigenvalue weighted by Gasteiger charge is 2.69. The third-order valence-electron chi connectivity index (χ3n) is 6.67. The van der Waals surface area contributed by atoms with Crippen LogP contribution in [0.25, 0.3) is 10.9 Å². The number of amides is 2. The number of piperidine rings is 1. The predicted molar refractivity (Wildman–Crippen MR) is 107 cm³/mol. The van der Waals surface area contributed by atoms with Gasteiger partial charge in [-0.2, -0.15) is 0 Å². The van der Waals surface area contributed by atoms with Gasteiger partial charge in [0, 0.05) is 10.7 Å². The van der Waals surface area contributed by atoms with Crippen molar-refractivity contribution in [2.24, 2.45) is 0 Å². The molecule has 2 amide bonds. The van der Waals surface area contributed by atoms with E-state index in [0.717, 1.165) is 11.3 Å².